The van der Waals surface area contributed by atoms with Crippen LogP contribution in [0.25, 0.3) is 0 Å². The normalized spacial score (nSPS) is 11.3. The van der Waals surface area contributed by atoms with Gasteiger partial charge in [0, 0.05) is 0 Å². The van der Waals surface area contributed by atoms with Crippen LogP contribution < -0.4 is 4.72 Å². The van der Waals surface area contributed by atoms with Crippen LogP contribution in [0, 0.1) is 5.82 Å². The Morgan fingerprint density at radius 1 is 1.09 bits per heavy atom. The Labute approximate surface area is 127 Å². The molecule has 1 aromatic rings. The fourth-order valence-corrected chi connectivity index (χ4v) is 2.61. The summed E-state index contributed by atoms with van der Waals surface area (Å²) in [6.45, 7) is 2.95. The van der Waals surface area contributed by atoms with Crippen molar-refractivity contribution in [1.82, 2.24) is 4.72 Å². The number of esters is 2. The molecule has 7 nitrogen and oxygen atoms in total. The minimum atomic E-state index is -4.22. The Balaban J connectivity index is 3.03. The summed E-state index contributed by atoms with van der Waals surface area (Å²) in [5, 5.41) is 0. The Morgan fingerprint density at radius 3 is 1.95 bits per heavy atom. The van der Waals surface area contributed by atoms with Crippen LogP contribution in [0.5, 0.6) is 0 Å². The van der Waals surface area contributed by atoms with Gasteiger partial charge in [0.2, 0.25) is 16.1 Å². The van der Waals surface area contributed by atoms with Crippen molar-refractivity contribution in [3.8, 4) is 0 Å². The van der Waals surface area contributed by atoms with Crippen molar-refractivity contribution < 1.29 is 31.9 Å². The second-order valence-corrected chi connectivity index (χ2v) is 5.73. The summed E-state index contributed by atoms with van der Waals surface area (Å²) in [5.74, 6) is -2.77. The first-order valence-electron chi connectivity index (χ1n) is 6.43. The number of rotatable bonds is 7. The molecule has 0 heterocycles. The SMILES string of the molecule is CCOC(=O)C(NS(=O)(=O)c1ccc(F)cc1)C(=O)OCC. The van der Waals surface area contributed by atoms with E-state index in [4.69, 9.17) is 0 Å². The molecule has 0 spiro atoms. The van der Waals surface area contributed by atoms with Crippen molar-refractivity contribution in [2.75, 3.05) is 13.2 Å². The van der Waals surface area contributed by atoms with Gasteiger partial charge in [-0.1, -0.05) is 0 Å². The lowest BCUT2D eigenvalue weighted by atomic mass is 10.3. The fourth-order valence-electron chi connectivity index (χ4n) is 1.48. The number of hydrogen-bond donors (Lipinski definition) is 1. The van der Waals surface area contributed by atoms with E-state index in [9.17, 15) is 22.4 Å². The average Bonchev–Trinajstić information content (AvgIpc) is 2.45. The van der Waals surface area contributed by atoms with E-state index < -0.39 is 33.8 Å². The van der Waals surface area contributed by atoms with Gasteiger partial charge in [-0.15, -0.1) is 0 Å². The number of sulfonamides is 1. The maximum atomic E-state index is 12.8. The Morgan fingerprint density at radius 2 is 1.55 bits per heavy atom. The number of carbonyl (C=O) groups is 2. The van der Waals surface area contributed by atoms with Gasteiger partial charge in [-0.2, -0.15) is 4.72 Å². The van der Waals surface area contributed by atoms with Crippen LogP contribution in [0.4, 0.5) is 4.39 Å². The molecule has 0 radical (unpaired) electrons. The molecule has 0 aromatic heterocycles. The van der Waals surface area contributed by atoms with E-state index in [1.807, 2.05) is 4.72 Å². The van der Waals surface area contributed by atoms with Gasteiger partial charge in [-0.25, -0.2) is 22.4 Å². The number of carbonyl (C=O) groups excluding carboxylic acids is 2. The van der Waals surface area contributed by atoms with Gasteiger partial charge < -0.3 is 9.47 Å². The van der Waals surface area contributed by atoms with E-state index in [1.54, 1.807) is 0 Å². The standard InChI is InChI=1S/C13H16FNO6S/c1-3-20-12(16)11(13(17)21-4-2)15-22(18,19)10-7-5-9(14)6-8-10/h5-8,11,15H,3-4H2,1-2H3. The number of nitrogens with one attached hydrogen (secondary N) is 1. The molecule has 0 aliphatic rings. The summed E-state index contributed by atoms with van der Waals surface area (Å²) in [4.78, 5) is 23.1. The minimum Gasteiger partial charge on any atom is -0.464 e. The molecule has 0 amide bonds. The zero-order valence-corrected chi connectivity index (χ0v) is 12.9. The molecular formula is C13H16FNO6S. The van der Waals surface area contributed by atoms with Crippen molar-refractivity contribution in [3.63, 3.8) is 0 Å². The maximum absolute atomic E-state index is 12.8. The number of ether oxygens (including phenoxy) is 2. The van der Waals surface area contributed by atoms with Crippen molar-refractivity contribution in [1.29, 1.82) is 0 Å². The lowest BCUT2D eigenvalue weighted by molar-refractivity contribution is -0.157. The van der Waals surface area contributed by atoms with Crippen LogP contribution in [0.2, 0.25) is 0 Å². The second-order valence-electron chi connectivity index (χ2n) is 4.01. The van der Waals surface area contributed by atoms with Gasteiger partial charge >= 0.3 is 11.9 Å². The minimum absolute atomic E-state index is 0.0347. The molecule has 0 atom stereocenters. The summed E-state index contributed by atoms with van der Waals surface area (Å²) < 4.78 is 48.3. The summed E-state index contributed by atoms with van der Waals surface area (Å²) in [6, 6.07) is 2.07. The highest BCUT2D eigenvalue weighted by atomic mass is 32.2. The Hall–Kier alpha value is -2.00. The van der Waals surface area contributed by atoms with Gasteiger partial charge in [0.1, 0.15) is 5.82 Å². The van der Waals surface area contributed by atoms with E-state index in [0.717, 1.165) is 24.3 Å². The number of benzene rings is 1. The van der Waals surface area contributed by atoms with Crippen LogP contribution in [0.15, 0.2) is 29.2 Å². The van der Waals surface area contributed by atoms with Crippen molar-refractivity contribution in [2.24, 2.45) is 0 Å². The molecule has 122 valence electrons. The monoisotopic (exact) mass is 333 g/mol. The predicted molar refractivity (Wildman–Crippen MR) is 73.8 cm³/mol. The molecule has 1 N–H and O–H groups in total. The lowest BCUT2D eigenvalue weighted by Crippen LogP contribution is -2.48. The highest BCUT2D eigenvalue weighted by Crippen LogP contribution is 2.11. The molecule has 0 bridgehead atoms. The molecule has 0 saturated heterocycles. The Kier molecular flexibility index (Phi) is 6.44. The predicted octanol–water partition coefficient (Wildman–Crippen LogP) is 0.599. The van der Waals surface area contributed by atoms with Crippen molar-refractivity contribution >= 4 is 22.0 Å². The summed E-state index contributed by atoms with van der Waals surface area (Å²) >= 11 is 0. The molecule has 0 unspecified atom stereocenters. The smallest absolute Gasteiger partial charge is 0.335 e. The van der Waals surface area contributed by atoms with Crippen molar-refractivity contribution in [2.45, 2.75) is 24.8 Å². The lowest BCUT2D eigenvalue weighted by Gasteiger charge is -2.16. The third-order valence-corrected chi connectivity index (χ3v) is 3.88. The van der Waals surface area contributed by atoms with Crippen LogP contribution >= 0.6 is 0 Å². The molecule has 1 aromatic carbocycles. The topological polar surface area (TPSA) is 98.8 Å². The highest BCUT2D eigenvalue weighted by molar-refractivity contribution is 7.89. The quantitative estimate of drug-likeness (QED) is 0.579. The summed E-state index contributed by atoms with van der Waals surface area (Å²) in [5.41, 5.74) is 0. The zero-order valence-electron chi connectivity index (χ0n) is 12.0. The van der Waals surface area contributed by atoms with Crippen LogP contribution in [-0.2, 0) is 29.1 Å². The molecule has 1 rings (SSSR count). The van der Waals surface area contributed by atoms with Crippen LogP contribution in [0.3, 0.4) is 0 Å². The van der Waals surface area contributed by atoms with E-state index >= 15 is 0 Å². The van der Waals surface area contributed by atoms with E-state index in [-0.39, 0.29) is 18.1 Å². The van der Waals surface area contributed by atoms with Gasteiger partial charge in [-0.3, -0.25) is 0 Å². The first-order valence-corrected chi connectivity index (χ1v) is 7.91. The van der Waals surface area contributed by atoms with E-state index in [1.165, 1.54) is 13.8 Å². The summed E-state index contributed by atoms with van der Waals surface area (Å²) in [6.07, 6.45) is 0. The first-order chi connectivity index (χ1) is 10.3. The van der Waals surface area contributed by atoms with Crippen LogP contribution in [-0.4, -0.2) is 39.6 Å². The second kappa shape index (κ2) is 7.85. The van der Waals surface area contributed by atoms with Gasteiger partial charge in [-0.05, 0) is 38.1 Å². The zero-order chi connectivity index (χ0) is 16.8. The third kappa shape index (κ3) is 4.78. The van der Waals surface area contributed by atoms with Crippen molar-refractivity contribution in [3.05, 3.63) is 30.1 Å². The highest BCUT2D eigenvalue weighted by Gasteiger charge is 2.34. The first kappa shape index (κ1) is 18.1. The number of halogens is 1. The average molecular weight is 333 g/mol. The maximum Gasteiger partial charge on any atom is 0.335 e. The molecule has 0 saturated carbocycles. The van der Waals surface area contributed by atoms with Gasteiger partial charge in [0.25, 0.3) is 0 Å². The largest absolute Gasteiger partial charge is 0.464 e. The Bertz CT molecular complexity index is 610. The molecule has 0 aliphatic carbocycles. The van der Waals surface area contributed by atoms with Crippen LogP contribution in [0.1, 0.15) is 13.8 Å². The third-order valence-electron chi connectivity index (χ3n) is 2.44. The number of hydrogen-bond acceptors (Lipinski definition) is 6. The van der Waals surface area contributed by atoms with E-state index in [2.05, 4.69) is 9.47 Å². The molecule has 0 aliphatic heterocycles. The molecule has 22 heavy (non-hydrogen) atoms. The molecule has 9 heteroatoms. The van der Waals surface area contributed by atoms with Gasteiger partial charge in [0.15, 0.2) is 0 Å². The van der Waals surface area contributed by atoms with E-state index in [0.29, 0.717) is 0 Å². The summed E-state index contributed by atoms with van der Waals surface area (Å²) in [7, 11) is -4.22. The molecular weight excluding hydrogens is 317 g/mol. The fraction of sp³-hybridized carbons (Fsp3) is 0.385. The van der Waals surface area contributed by atoms with Gasteiger partial charge in [0.05, 0.1) is 18.1 Å². The molecule has 0 fully saturated rings.